The molecule has 0 bridgehead atoms. The highest BCUT2D eigenvalue weighted by atomic mass is 16.5. The first-order valence-corrected chi connectivity index (χ1v) is 6.37. The van der Waals surface area contributed by atoms with Crippen LogP contribution in [-0.4, -0.2) is 32.5 Å². The summed E-state index contributed by atoms with van der Waals surface area (Å²) in [5.74, 6) is 0.737. The molecule has 18 heavy (non-hydrogen) atoms. The SMILES string of the molecule is CC(C)OCCOCCCOc1ccccc1N. The third-order valence-corrected chi connectivity index (χ3v) is 2.29. The standard InChI is InChI=1S/C14H23NO3/c1-12(2)17-11-10-16-8-5-9-18-14-7-4-3-6-13(14)15/h3-4,6-7,12H,5,8-11,15H2,1-2H3. The molecule has 0 fully saturated rings. The second-order valence-corrected chi connectivity index (χ2v) is 4.27. The minimum Gasteiger partial charge on any atom is -0.491 e. The predicted molar refractivity (Wildman–Crippen MR) is 72.9 cm³/mol. The van der Waals surface area contributed by atoms with Crippen molar-refractivity contribution in [1.82, 2.24) is 0 Å². The van der Waals surface area contributed by atoms with Crippen LogP contribution in [-0.2, 0) is 9.47 Å². The zero-order valence-corrected chi connectivity index (χ0v) is 11.2. The van der Waals surface area contributed by atoms with Gasteiger partial charge in [-0.1, -0.05) is 12.1 Å². The summed E-state index contributed by atoms with van der Waals surface area (Å²) in [7, 11) is 0. The van der Waals surface area contributed by atoms with E-state index in [1.165, 1.54) is 0 Å². The lowest BCUT2D eigenvalue weighted by Gasteiger charge is -2.09. The number of nitrogen functional groups attached to an aromatic ring is 1. The molecule has 0 saturated carbocycles. The van der Waals surface area contributed by atoms with Crippen molar-refractivity contribution in [2.45, 2.75) is 26.4 Å². The van der Waals surface area contributed by atoms with Crippen LogP contribution < -0.4 is 10.5 Å². The van der Waals surface area contributed by atoms with E-state index in [1.54, 1.807) is 0 Å². The van der Waals surface area contributed by atoms with Crippen molar-refractivity contribution in [3.63, 3.8) is 0 Å². The molecule has 2 N–H and O–H groups in total. The van der Waals surface area contributed by atoms with Crippen molar-refractivity contribution < 1.29 is 14.2 Å². The molecule has 0 spiro atoms. The van der Waals surface area contributed by atoms with Crippen LogP contribution in [0.15, 0.2) is 24.3 Å². The van der Waals surface area contributed by atoms with E-state index in [-0.39, 0.29) is 6.10 Å². The molecule has 0 aliphatic heterocycles. The van der Waals surface area contributed by atoms with E-state index in [1.807, 2.05) is 38.1 Å². The number of ether oxygens (including phenoxy) is 3. The van der Waals surface area contributed by atoms with E-state index in [4.69, 9.17) is 19.9 Å². The lowest BCUT2D eigenvalue weighted by molar-refractivity contribution is 0.0170. The molecule has 0 aliphatic carbocycles. The molecule has 0 atom stereocenters. The van der Waals surface area contributed by atoms with Crippen molar-refractivity contribution in [2.75, 3.05) is 32.2 Å². The average molecular weight is 253 g/mol. The molecule has 102 valence electrons. The predicted octanol–water partition coefficient (Wildman–Crippen LogP) is 2.48. The fourth-order valence-corrected chi connectivity index (χ4v) is 1.40. The first-order chi connectivity index (χ1) is 8.70. The van der Waals surface area contributed by atoms with Crippen molar-refractivity contribution >= 4 is 5.69 Å². The Morgan fingerprint density at radius 2 is 1.83 bits per heavy atom. The van der Waals surface area contributed by atoms with Gasteiger partial charge in [-0.3, -0.25) is 0 Å². The second-order valence-electron chi connectivity index (χ2n) is 4.27. The van der Waals surface area contributed by atoms with Gasteiger partial charge in [0, 0.05) is 13.0 Å². The molecule has 0 radical (unpaired) electrons. The van der Waals surface area contributed by atoms with Gasteiger partial charge in [-0.15, -0.1) is 0 Å². The van der Waals surface area contributed by atoms with Gasteiger partial charge in [-0.25, -0.2) is 0 Å². The number of nitrogens with two attached hydrogens (primary N) is 1. The quantitative estimate of drug-likeness (QED) is 0.542. The van der Waals surface area contributed by atoms with Gasteiger partial charge in [0.25, 0.3) is 0 Å². The lowest BCUT2D eigenvalue weighted by Crippen LogP contribution is -2.11. The minimum atomic E-state index is 0.262. The molecule has 4 heteroatoms. The van der Waals surface area contributed by atoms with Gasteiger partial charge in [0.15, 0.2) is 0 Å². The fourth-order valence-electron chi connectivity index (χ4n) is 1.40. The first-order valence-electron chi connectivity index (χ1n) is 6.37. The van der Waals surface area contributed by atoms with Gasteiger partial charge in [0.05, 0.1) is 31.6 Å². The first kappa shape index (κ1) is 14.8. The van der Waals surface area contributed by atoms with Gasteiger partial charge >= 0.3 is 0 Å². The smallest absolute Gasteiger partial charge is 0.142 e. The second kappa shape index (κ2) is 8.78. The molecule has 4 nitrogen and oxygen atoms in total. The average Bonchev–Trinajstić information content (AvgIpc) is 2.34. The van der Waals surface area contributed by atoms with Crippen LogP contribution >= 0.6 is 0 Å². The Morgan fingerprint density at radius 1 is 1.06 bits per heavy atom. The van der Waals surface area contributed by atoms with Crippen LogP contribution in [0.25, 0.3) is 0 Å². The molecule has 1 rings (SSSR count). The maximum absolute atomic E-state index is 5.76. The number of hydrogen-bond donors (Lipinski definition) is 1. The summed E-state index contributed by atoms with van der Waals surface area (Å²) in [6, 6.07) is 7.49. The third-order valence-electron chi connectivity index (χ3n) is 2.29. The lowest BCUT2D eigenvalue weighted by atomic mass is 10.3. The third kappa shape index (κ3) is 6.47. The number of rotatable bonds is 9. The summed E-state index contributed by atoms with van der Waals surface area (Å²) < 4.78 is 16.3. The molecule has 1 aromatic carbocycles. The van der Waals surface area contributed by atoms with E-state index < -0.39 is 0 Å². The van der Waals surface area contributed by atoms with Crippen molar-refractivity contribution in [3.05, 3.63) is 24.3 Å². The number of para-hydroxylation sites is 2. The Kier molecular flexibility index (Phi) is 7.22. The largest absolute Gasteiger partial charge is 0.491 e. The van der Waals surface area contributed by atoms with E-state index in [0.717, 1.165) is 12.2 Å². The monoisotopic (exact) mass is 253 g/mol. The van der Waals surface area contributed by atoms with E-state index in [2.05, 4.69) is 0 Å². The maximum atomic E-state index is 5.76. The summed E-state index contributed by atoms with van der Waals surface area (Å²) in [5.41, 5.74) is 6.43. The summed E-state index contributed by atoms with van der Waals surface area (Å²) in [5, 5.41) is 0. The Balaban J connectivity index is 1.98. The fraction of sp³-hybridized carbons (Fsp3) is 0.571. The summed E-state index contributed by atoms with van der Waals surface area (Å²) >= 11 is 0. The van der Waals surface area contributed by atoms with Crippen molar-refractivity contribution in [2.24, 2.45) is 0 Å². The molecule has 0 unspecified atom stereocenters. The summed E-state index contributed by atoms with van der Waals surface area (Å²) in [4.78, 5) is 0. The van der Waals surface area contributed by atoms with Crippen LogP contribution in [0.5, 0.6) is 5.75 Å². The van der Waals surface area contributed by atoms with Crippen LogP contribution in [0.2, 0.25) is 0 Å². The van der Waals surface area contributed by atoms with E-state index >= 15 is 0 Å². The van der Waals surface area contributed by atoms with Gasteiger partial charge in [-0.2, -0.15) is 0 Å². The molecule has 0 amide bonds. The van der Waals surface area contributed by atoms with Crippen LogP contribution in [0.4, 0.5) is 5.69 Å². The topological polar surface area (TPSA) is 53.7 Å². The molecule has 0 aromatic heterocycles. The molecule has 0 heterocycles. The minimum absolute atomic E-state index is 0.262. The Morgan fingerprint density at radius 3 is 2.56 bits per heavy atom. The maximum Gasteiger partial charge on any atom is 0.142 e. The number of hydrogen-bond acceptors (Lipinski definition) is 4. The Hall–Kier alpha value is -1.26. The van der Waals surface area contributed by atoms with E-state index in [9.17, 15) is 0 Å². The zero-order chi connectivity index (χ0) is 13.2. The molecule has 1 aromatic rings. The molecular weight excluding hydrogens is 230 g/mol. The van der Waals surface area contributed by atoms with Gasteiger partial charge in [0.1, 0.15) is 5.75 Å². The van der Waals surface area contributed by atoms with E-state index in [0.29, 0.717) is 32.1 Å². The van der Waals surface area contributed by atoms with Crippen LogP contribution in [0.1, 0.15) is 20.3 Å². The highest BCUT2D eigenvalue weighted by Gasteiger charge is 1.98. The number of anilines is 1. The molecular formula is C14H23NO3. The highest BCUT2D eigenvalue weighted by Crippen LogP contribution is 2.19. The van der Waals surface area contributed by atoms with Gasteiger partial charge in [0.2, 0.25) is 0 Å². The molecule has 0 saturated heterocycles. The number of benzene rings is 1. The van der Waals surface area contributed by atoms with Crippen LogP contribution in [0.3, 0.4) is 0 Å². The van der Waals surface area contributed by atoms with Crippen molar-refractivity contribution in [3.8, 4) is 5.75 Å². The van der Waals surface area contributed by atoms with Crippen molar-refractivity contribution in [1.29, 1.82) is 0 Å². The zero-order valence-electron chi connectivity index (χ0n) is 11.2. The normalized spacial score (nSPS) is 10.8. The Labute approximate surface area is 109 Å². The van der Waals surface area contributed by atoms with Gasteiger partial charge in [-0.05, 0) is 26.0 Å². The van der Waals surface area contributed by atoms with Gasteiger partial charge < -0.3 is 19.9 Å². The Bertz CT molecular complexity index is 329. The van der Waals surface area contributed by atoms with Crippen LogP contribution in [0, 0.1) is 0 Å². The summed E-state index contributed by atoms with van der Waals surface area (Å²) in [6.07, 6.45) is 1.11. The highest BCUT2D eigenvalue weighted by molar-refractivity contribution is 5.51. The summed E-state index contributed by atoms with van der Waals surface area (Å²) in [6.45, 7) is 6.58. The molecule has 0 aliphatic rings.